The summed E-state index contributed by atoms with van der Waals surface area (Å²) in [5.74, 6) is 1.20. The molecule has 1 saturated carbocycles. The maximum atomic E-state index is 6.36. The summed E-state index contributed by atoms with van der Waals surface area (Å²) in [5.41, 5.74) is 8.92. The Morgan fingerprint density at radius 1 is 1.33 bits per heavy atom. The SMILES string of the molecule is Cc1cc(C(N)C2CC2c2ccccc2)sc1Cl. The van der Waals surface area contributed by atoms with E-state index in [0.717, 1.165) is 9.90 Å². The molecular weight excluding hydrogens is 262 g/mol. The van der Waals surface area contributed by atoms with Gasteiger partial charge in [-0.25, -0.2) is 0 Å². The van der Waals surface area contributed by atoms with Gasteiger partial charge in [-0.15, -0.1) is 11.3 Å². The van der Waals surface area contributed by atoms with Gasteiger partial charge in [0.15, 0.2) is 0 Å². The normalized spacial score (nSPS) is 23.9. The summed E-state index contributed by atoms with van der Waals surface area (Å²) < 4.78 is 0.873. The lowest BCUT2D eigenvalue weighted by Crippen LogP contribution is -2.11. The Hall–Kier alpha value is -0.830. The fourth-order valence-electron chi connectivity index (χ4n) is 2.55. The van der Waals surface area contributed by atoms with Gasteiger partial charge in [-0.1, -0.05) is 41.9 Å². The van der Waals surface area contributed by atoms with Gasteiger partial charge in [0, 0.05) is 10.9 Å². The zero-order valence-corrected chi connectivity index (χ0v) is 11.8. The number of thiophene rings is 1. The summed E-state index contributed by atoms with van der Waals surface area (Å²) in [6.07, 6.45) is 1.19. The zero-order valence-electron chi connectivity index (χ0n) is 10.3. The van der Waals surface area contributed by atoms with Crippen molar-refractivity contribution >= 4 is 22.9 Å². The van der Waals surface area contributed by atoms with Crippen molar-refractivity contribution in [3.63, 3.8) is 0 Å². The Morgan fingerprint density at radius 3 is 2.67 bits per heavy atom. The van der Waals surface area contributed by atoms with E-state index in [4.69, 9.17) is 17.3 Å². The van der Waals surface area contributed by atoms with E-state index in [0.29, 0.717) is 11.8 Å². The van der Waals surface area contributed by atoms with Crippen molar-refractivity contribution in [2.75, 3.05) is 0 Å². The highest BCUT2D eigenvalue weighted by Crippen LogP contribution is 2.54. The van der Waals surface area contributed by atoms with Crippen LogP contribution in [0.4, 0.5) is 0 Å². The molecule has 0 spiro atoms. The molecule has 0 radical (unpaired) electrons. The van der Waals surface area contributed by atoms with Crippen LogP contribution >= 0.6 is 22.9 Å². The molecule has 0 bridgehead atoms. The zero-order chi connectivity index (χ0) is 12.7. The van der Waals surface area contributed by atoms with Crippen molar-refractivity contribution < 1.29 is 0 Å². The summed E-state index contributed by atoms with van der Waals surface area (Å²) in [4.78, 5) is 1.22. The summed E-state index contributed by atoms with van der Waals surface area (Å²) in [7, 11) is 0. The first-order chi connectivity index (χ1) is 8.66. The molecule has 2 aromatic rings. The van der Waals surface area contributed by atoms with Crippen molar-refractivity contribution in [2.24, 2.45) is 11.7 Å². The molecule has 1 aliphatic carbocycles. The molecule has 3 unspecified atom stereocenters. The maximum Gasteiger partial charge on any atom is 0.0960 e. The number of benzene rings is 1. The molecule has 1 aliphatic rings. The minimum absolute atomic E-state index is 0.131. The highest BCUT2D eigenvalue weighted by atomic mass is 35.5. The van der Waals surface area contributed by atoms with Crippen molar-refractivity contribution in [3.05, 3.63) is 56.7 Å². The summed E-state index contributed by atoms with van der Waals surface area (Å²) >= 11 is 7.74. The first-order valence-corrected chi connectivity index (χ1v) is 7.42. The molecule has 18 heavy (non-hydrogen) atoms. The molecule has 3 rings (SSSR count). The van der Waals surface area contributed by atoms with Crippen LogP contribution in [-0.4, -0.2) is 0 Å². The number of hydrogen-bond acceptors (Lipinski definition) is 2. The average molecular weight is 278 g/mol. The first-order valence-electron chi connectivity index (χ1n) is 6.23. The third-order valence-electron chi connectivity index (χ3n) is 3.73. The van der Waals surface area contributed by atoms with Gasteiger partial charge < -0.3 is 5.73 Å². The average Bonchev–Trinajstić information content (AvgIpc) is 3.11. The predicted molar refractivity (Wildman–Crippen MR) is 78.3 cm³/mol. The van der Waals surface area contributed by atoms with Crippen molar-refractivity contribution in [1.29, 1.82) is 0 Å². The van der Waals surface area contributed by atoms with Crippen molar-refractivity contribution in [2.45, 2.75) is 25.3 Å². The first kappa shape index (κ1) is 12.2. The van der Waals surface area contributed by atoms with Crippen LogP contribution in [0.5, 0.6) is 0 Å². The second-order valence-electron chi connectivity index (χ2n) is 5.05. The Labute approximate surface area is 117 Å². The standard InChI is InChI=1S/C15H16ClNS/c1-9-7-13(18-15(9)16)14(17)12-8-11(12)10-5-3-2-4-6-10/h2-7,11-12,14H,8,17H2,1H3. The monoisotopic (exact) mass is 277 g/mol. The van der Waals surface area contributed by atoms with Gasteiger partial charge in [-0.05, 0) is 42.4 Å². The molecule has 2 N–H and O–H groups in total. The lowest BCUT2D eigenvalue weighted by Gasteiger charge is -2.08. The Morgan fingerprint density at radius 2 is 2.06 bits per heavy atom. The Bertz CT molecular complexity index is 529. The van der Waals surface area contributed by atoms with E-state index in [1.54, 1.807) is 11.3 Å². The molecule has 3 heteroatoms. The molecular formula is C15H16ClNS. The molecule has 1 nitrogen and oxygen atoms in total. The molecule has 0 aliphatic heterocycles. The van der Waals surface area contributed by atoms with Gasteiger partial charge in [0.25, 0.3) is 0 Å². The molecule has 1 aromatic carbocycles. The molecule has 0 saturated heterocycles. The van der Waals surface area contributed by atoms with Crippen LogP contribution in [0.3, 0.4) is 0 Å². The number of halogens is 1. The maximum absolute atomic E-state index is 6.36. The smallest absolute Gasteiger partial charge is 0.0960 e. The molecule has 3 atom stereocenters. The van der Waals surface area contributed by atoms with Gasteiger partial charge in [0.1, 0.15) is 0 Å². The lowest BCUT2D eigenvalue weighted by molar-refractivity contribution is 0.626. The van der Waals surface area contributed by atoms with E-state index in [2.05, 4.69) is 36.4 Å². The van der Waals surface area contributed by atoms with Crippen LogP contribution in [0.15, 0.2) is 36.4 Å². The second-order valence-corrected chi connectivity index (χ2v) is 6.73. The van der Waals surface area contributed by atoms with E-state index in [1.807, 2.05) is 6.92 Å². The topological polar surface area (TPSA) is 26.0 Å². The van der Waals surface area contributed by atoms with Crippen molar-refractivity contribution in [3.8, 4) is 0 Å². The number of hydrogen-bond donors (Lipinski definition) is 1. The van der Waals surface area contributed by atoms with Gasteiger partial charge in [0.2, 0.25) is 0 Å². The van der Waals surface area contributed by atoms with Crippen LogP contribution in [-0.2, 0) is 0 Å². The van der Waals surface area contributed by atoms with Crippen molar-refractivity contribution in [1.82, 2.24) is 0 Å². The lowest BCUT2D eigenvalue weighted by atomic mass is 10.0. The minimum atomic E-state index is 0.131. The fourth-order valence-corrected chi connectivity index (χ4v) is 3.85. The summed E-state index contributed by atoms with van der Waals surface area (Å²) in [6, 6.07) is 12.9. The molecule has 0 amide bonds. The van der Waals surface area contributed by atoms with Crippen LogP contribution < -0.4 is 5.73 Å². The number of nitrogens with two attached hydrogens (primary N) is 1. The fraction of sp³-hybridized carbons (Fsp3) is 0.333. The minimum Gasteiger partial charge on any atom is -0.323 e. The van der Waals surface area contributed by atoms with Crippen LogP contribution in [0.2, 0.25) is 4.34 Å². The largest absolute Gasteiger partial charge is 0.323 e. The van der Waals surface area contributed by atoms with Crippen LogP contribution in [0.25, 0.3) is 0 Å². The van der Waals surface area contributed by atoms with E-state index in [-0.39, 0.29) is 6.04 Å². The summed E-state index contributed by atoms with van der Waals surface area (Å²) in [5, 5.41) is 0. The molecule has 1 heterocycles. The highest BCUT2D eigenvalue weighted by molar-refractivity contribution is 7.16. The number of aryl methyl sites for hydroxylation is 1. The second kappa shape index (κ2) is 4.69. The number of rotatable bonds is 3. The molecule has 1 aromatic heterocycles. The predicted octanol–water partition coefficient (Wildman–Crippen LogP) is 4.51. The Kier molecular flexibility index (Phi) is 3.18. The van der Waals surface area contributed by atoms with Crippen LogP contribution in [0, 0.1) is 12.8 Å². The molecule has 1 fully saturated rings. The van der Waals surface area contributed by atoms with E-state index < -0.39 is 0 Å². The quantitative estimate of drug-likeness (QED) is 0.877. The third kappa shape index (κ3) is 2.20. The Balaban J connectivity index is 1.75. The molecule has 94 valence electrons. The van der Waals surface area contributed by atoms with Gasteiger partial charge in [-0.2, -0.15) is 0 Å². The van der Waals surface area contributed by atoms with E-state index in [1.165, 1.54) is 16.9 Å². The third-order valence-corrected chi connectivity index (χ3v) is 5.39. The van der Waals surface area contributed by atoms with Crippen LogP contribution in [0.1, 0.15) is 34.4 Å². The van der Waals surface area contributed by atoms with E-state index in [9.17, 15) is 0 Å². The van der Waals surface area contributed by atoms with E-state index >= 15 is 0 Å². The highest BCUT2D eigenvalue weighted by Gasteiger charge is 2.43. The van der Waals surface area contributed by atoms with Gasteiger partial charge >= 0.3 is 0 Å². The van der Waals surface area contributed by atoms with Gasteiger partial charge in [0.05, 0.1) is 4.34 Å². The van der Waals surface area contributed by atoms with Gasteiger partial charge in [-0.3, -0.25) is 0 Å². The summed E-state index contributed by atoms with van der Waals surface area (Å²) in [6.45, 7) is 2.04.